The summed E-state index contributed by atoms with van der Waals surface area (Å²) < 4.78 is 0. The summed E-state index contributed by atoms with van der Waals surface area (Å²) in [7, 11) is 0. The Labute approximate surface area is 171 Å². The molecular weight excluding hydrogens is 372 g/mol. The summed E-state index contributed by atoms with van der Waals surface area (Å²) in [4.78, 5) is 28.2. The van der Waals surface area contributed by atoms with Crippen molar-refractivity contribution in [2.45, 2.75) is 38.6 Å². The van der Waals surface area contributed by atoms with Gasteiger partial charge >= 0.3 is 0 Å². The number of imide groups is 1. The van der Waals surface area contributed by atoms with Crippen LogP contribution >= 0.6 is 11.6 Å². The van der Waals surface area contributed by atoms with Gasteiger partial charge in [-0.3, -0.25) is 9.59 Å². The fourth-order valence-corrected chi connectivity index (χ4v) is 4.67. The minimum atomic E-state index is -0.259. The maximum atomic E-state index is 13.0. The molecule has 0 spiro atoms. The number of carbonyl (C=O) groups excluding carboxylic acids is 2. The summed E-state index contributed by atoms with van der Waals surface area (Å²) in [6.07, 6.45) is 3.58. The molecule has 2 heterocycles. The molecule has 0 aromatic heterocycles. The van der Waals surface area contributed by atoms with Crippen molar-refractivity contribution >= 4 is 29.1 Å². The van der Waals surface area contributed by atoms with Crippen molar-refractivity contribution in [1.82, 2.24) is 0 Å². The molecule has 1 atom stereocenters. The summed E-state index contributed by atoms with van der Waals surface area (Å²) in [6, 6.07) is 15.7. The average molecular weight is 398 g/mol. The number of benzene rings is 2. The summed E-state index contributed by atoms with van der Waals surface area (Å²) in [5.41, 5.74) is 2.91. The Morgan fingerprint density at radius 1 is 1.07 bits per heavy atom. The van der Waals surface area contributed by atoms with E-state index in [9.17, 15) is 9.59 Å². The van der Waals surface area contributed by atoms with E-state index in [1.165, 1.54) is 15.4 Å². The largest absolute Gasteiger partial charge is 0.324 e. The lowest BCUT2D eigenvalue weighted by atomic mass is 9.89. The van der Waals surface area contributed by atoms with Crippen LogP contribution in [0.3, 0.4) is 0 Å². The van der Waals surface area contributed by atoms with Gasteiger partial charge in [0.15, 0.2) is 6.04 Å². The number of amides is 2. The van der Waals surface area contributed by atoms with E-state index < -0.39 is 0 Å². The minimum Gasteiger partial charge on any atom is -0.324 e. The molecule has 0 bridgehead atoms. The van der Waals surface area contributed by atoms with Crippen LogP contribution in [0.4, 0.5) is 5.69 Å². The molecule has 2 aliphatic rings. The van der Waals surface area contributed by atoms with Crippen LogP contribution in [-0.2, 0) is 16.0 Å². The smallest absolute Gasteiger partial charge is 0.292 e. The first kappa shape index (κ1) is 19.2. The molecule has 1 unspecified atom stereocenters. The third kappa shape index (κ3) is 3.85. The van der Waals surface area contributed by atoms with Crippen LogP contribution in [0.2, 0.25) is 5.02 Å². The number of anilines is 1. The highest BCUT2D eigenvalue weighted by Crippen LogP contribution is 2.27. The van der Waals surface area contributed by atoms with E-state index in [0.29, 0.717) is 23.0 Å². The minimum absolute atomic E-state index is 0.0820. The first-order valence-electron chi connectivity index (χ1n) is 10.0. The van der Waals surface area contributed by atoms with Crippen molar-refractivity contribution in [3.63, 3.8) is 0 Å². The second-order valence-corrected chi connectivity index (χ2v) is 8.46. The lowest BCUT2D eigenvalue weighted by Gasteiger charge is -2.32. The van der Waals surface area contributed by atoms with Gasteiger partial charge in [-0.1, -0.05) is 48.0 Å². The number of halogens is 1. The zero-order valence-electron chi connectivity index (χ0n) is 16.2. The number of carbonyl (C=O) groups is 2. The number of nitrogens with one attached hydrogen (secondary N) is 1. The molecule has 2 aromatic carbocycles. The van der Waals surface area contributed by atoms with Crippen molar-refractivity contribution in [2.24, 2.45) is 5.92 Å². The number of piperidine rings is 1. The molecule has 0 aliphatic carbocycles. The van der Waals surface area contributed by atoms with Crippen LogP contribution < -0.4 is 9.80 Å². The first-order valence-corrected chi connectivity index (χ1v) is 10.4. The van der Waals surface area contributed by atoms with Crippen molar-refractivity contribution < 1.29 is 14.5 Å². The lowest BCUT2D eigenvalue weighted by Crippen LogP contribution is -3.17. The van der Waals surface area contributed by atoms with E-state index in [1.807, 2.05) is 19.1 Å². The van der Waals surface area contributed by atoms with E-state index in [-0.39, 0.29) is 17.9 Å². The first-order chi connectivity index (χ1) is 13.5. The number of nitrogens with zero attached hydrogens (tertiary/aromatic N) is 1. The Morgan fingerprint density at radius 2 is 1.79 bits per heavy atom. The van der Waals surface area contributed by atoms with E-state index >= 15 is 0 Å². The normalized spacial score (nSPS) is 25.4. The van der Waals surface area contributed by atoms with E-state index in [4.69, 9.17) is 11.6 Å². The standard InChI is InChI=1S/C23H25ClN2O2/c1-16-7-8-19(14-20(16)24)26-22(27)15-21(23(26)28)25-11-9-18(10-12-25)13-17-5-3-2-4-6-17/h2-8,14,18,21H,9-13,15H2,1H3/p+1. The van der Waals surface area contributed by atoms with E-state index in [2.05, 4.69) is 24.3 Å². The number of quaternary nitrogens is 1. The number of hydrogen-bond acceptors (Lipinski definition) is 2. The Morgan fingerprint density at radius 3 is 2.46 bits per heavy atom. The second kappa shape index (κ2) is 8.06. The Bertz CT molecular complexity index is 875. The summed E-state index contributed by atoms with van der Waals surface area (Å²) in [6.45, 7) is 3.81. The highest BCUT2D eigenvalue weighted by molar-refractivity contribution is 6.32. The van der Waals surface area contributed by atoms with Gasteiger partial charge in [-0.2, -0.15) is 0 Å². The van der Waals surface area contributed by atoms with Gasteiger partial charge < -0.3 is 4.90 Å². The highest BCUT2D eigenvalue weighted by atomic mass is 35.5. The van der Waals surface area contributed by atoms with Crippen LogP contribution in [-0.4, -0.2) is 30.9 Å². The number of rotatable bonds is 4. The van der Waals surface area contributed by atoms with Crippen LogP contribution in [0.25, 0.3) is 0 Å². The molecule has 146 valence electrons. The van der Waals surface area contributed by atoms with Crippen LogP contribution in [0.1, 0.15) is 30.4 Å². The van der Waals surface area contributed by atoms with Gasteiger partial charge in [0.25, 0.3) is 5.91 Å². The maximum Gasteiger partial charge on any atom is 0.292 e. The Kier molecular flexibility index (Phi) is 5.51. The lowest BCUT2D eigenvalue weighted by molar-refractivity contribution is -0.920. The molecule has 4 nitrogen and oxygen atoms in total. The van der Waals surface area contributed by atoms with Gasteiger partial charge in [-0.25, -0.2) is 4.90 Å². The third-order valence-corrected chi connectivity index (χ3v) is 6.57. The van der Waals surface area contributed by atoms with Crippen molar-refractivity contribution in [3.05, 3.63) is 64.7 Å². The van der Waals surface area contributed by atoms with Crippen molar-refractivity contribution in [2.75, 3.05) is 18.0 Å². The van der Waals surface area contributed by atoms with Gasteiger partial charge in [-0.15, -0.1) is 0 Å². The molecule has 2 saturated heterocycles. The van der Waals surface area contributed by atoms with Crippen LogP contribution in [0.15, 0.2) is 48.5 Å². The zero-order chi connectivity index (χ0) is 19.7. The summed E-state index contributed by atoms with van der Waals surface area (Å²) in [5.74, 6) is 0.459. The summed E-state index contributed by atoms with van der Waals surface area (Å²) >= 11 is 6.20. The van der Waals surface area contributed by atoms with Crippen molar-refractivity contribution in [1.29, 1.82) is 0 Å². The molecule has 0 radical (unpaired) electrons. The fourth-order valence-electron chi connectivity index (χ4n) is 4.49. The monoisotopic (exact) mass is 397 g/mol. The molecule has 28 heavy (non-hydrogen) atoms. The van der Waals surface area contributed by atoms with Gasteiger partial charge in [0.2, 0.25) is 5.91 Å². The molecule has 2 amide bonds. The van der Waals surface area contributed by atoms with E-state index in [1.54, 1.807) is 12.1 Å². The highest BCUT2D eigenvalue weighted by Gasteiger charge is 2.46. The molecule has 4 rings (SSSR count). The topological polar surface area (TPSA) is 41.8 Å². The quantitative estimate of drug-likeness (QED) is 0.806. The van der Waals surface area contributed by atoms with Gasteiger partial charge in [-0.05, 0) is 55.4 Å². The second-order valence-electron chi connectivity index (χ2n) is 8.05. The molecule has 1 N–H and O–H groups in total. The summed E-state index contributed by atoms with van der Waals surface area (Å²) in [5, 5.41) is 0.579. The molecule has 2 aromatic rings. The van der Waals surface area contributed by atoms with Crippen molar-refractivity contribution in [3.8, 4) is 0 Å². The molecule has 0 saturated carbocycles. The zero-order valence-corrected chi connectivity index (χ0v) is 16.9. The fraction of sp³-hybridized carbons (Fsp3) is 0.391. The van der Waals surface area contributed by atoms with Gasteiger partial charge in [0.05, 0.1) is 25.2 Å². The Balaban J connectivity index is 1.40. The van der Waals surface area contributed by atoms with Crippen LogP contribution in [0, 0.1) is 12.8 Å². The number of aryl methyl sites for hydroxylation is 1. The number of hydrogen-bond donors (Lipinski definition) is 1. The molecule has 2 fully saturated rings. The van der Waals surface area contributed by atoms with Gasteiger partial charge in [0.1, 0.15) is 0 Å². The van der Waals surface area contributed by atoms with Gasteiger partial charge in [0, 0.05) is 5.02 Å². The molecule has 2 aliphatic heterocycles. The molecular formula is C23H26ClN2O2+. The van der Waals surface area contributed by atoms with Crippen LogP contribution in [0.5, 0.6) is 0 Å². The SMILES string of the molecule is Cc1ccc(N2C(=O)CC([NH+]3CCC(Cc4ccccc4)CC3)C2=O)cc1Cl. The maximum absolute atomic E-state index is 13.0. The predicted molar refractivity (Wildman–Crippen MR) is 111 cm³/mol. The Hall–Kier alpha value is -2.17. The number of likely N-dealkylation sites (tertiary alicyclic amines) is 1. The van der Waals surface area contributed by atoms with E-state index in [0.717, 1.165) is 37.9 Å². The third-order valence-electron chi connectivity index (χ3n) is 6.17. The predicted octanol–water partition coefficient (Wildman–Crippen LogP) is 2.82. The average Bonchev–Trinajstić information content (AvgIpc) is 3.00. The molecule has 5 heteroatoms.